The number of rotatable bonds is 7. The number of fused-ring (bicyclic) bond motifs is 1. The molecule has 2 aromatic carbocycles. The number of H-pyrrole nitrogens is 1. The number of benzene rings is 2. The summed E-state index contributed by atoms with van der Waals surface area (Å²) >= 11 is 0. The van der Waals surface area contributed by atoms with E-state index in [4.69, 9.17) is 10.2 Å². The van der Waals surface area contributed by atoms with E-state index in [0.29, 0.717) is 12.2 Å². The summed E-state index contributed by atoms with van der Waals surface area (Å²) in [6, 6.07) is 19.2. The molecular formula is C25H29N3O4. The molecule has 0 spiro atoms. The largest absolute Gasteiger partial charge is 0.478 e. The number of aromatic nitrogens is 2. The Balaban J connectivity index is 0.000000312. The number of nitrogens with one attached hydrogen (secondary N) is 1. The molecule has 3 N–H and O–H groups in total. The molecule has 2 heterocycles. The van der Waals surface area contributed by atoms with Gasteiger partial charge >= 0.3 is 11.9 Å². The van der Waals surface area contributed by atoms with E-state index in [-0.39, 0.29) is 0 Å². The summed E-state index contributed by atoms with van der Waals surface area (Å²) in [6.07, 6.45) is 6.14. The second kappa shape index (κ2) is 11.8. The van der Waals surface area contributed by atoms with E-state index >= 15 is 0 Å². The molecule has 0 radical (unpaired) electrons. The molecule has 1 aliphatic heterocycles. The fraction of sp³-hybridized carbons (Fsp3) is 0.320. The van der Waals surface area contributed by atoms with Gasteiger partial charge in [-0.3, -0.25) is 10.00 Å². The fourth-order valence-electron chi connectivity index (χ4n) is 3.97. The van der Waals surface area contributed by atoms with Crippen molar-refractivity contribution in [1.82, 2.24) is 15.1 Å². The zero-order valence-corrected chi connectivity index (χ0v) is 18.0. The van der Waals surface area contributed by atoms with Crippen molar-refractivity contribution in [2.45, 2.75) is 32.2 Å². The highest BCUT2D eigenvalue weighted by atomic mass is 16.4. The zero-order chi connectivity index (χ0) is 22.8. The first-order valence-corrected chi connectivity index (χ1v) is 10.8. The van der Waals surface area contributed by atoms with Crippen molar-refractivity contribution in [3.63, 3.8) is 0 Å². The average molecular weight is 436 g/mol. The molecule has 1 saturated heterocycles. The number of nitrogens with zero attached hydrogens (tertiary/aromatic N) is 2. The van der Waals surface area contributed by atoms with Crippen LogP contribution in [0.3, 0.4) is 0 Å². The number of carbonyl (C=O) groups is 2. The van der Waals surface area contributed by atoms with Gasteiger partial charge in [-0.15, -0.1) is 0 Å². The smallest absolute Gasteiger partial charge is 0.328 e. The van der Waals surface area contributed by atoms with Crippen molar-refractivity contribution in [2.75, 3.05) is 13.1 Å². The number of aliphatic carboxylic acids is 2. The Bertz CT molecular complexity index is 1020. The van der Waals surface area contributed by atoms with Crippen LogP contribution >= 0.6 is 0 Å². The van der Waals surface area contributed by atoms with Gasteiger partial charge in [0.25, 0.3) is 0 Å². The number of hydrogen-bond acceptors (Lipinski definition) is 4. The van der Waals surface area contributed by atoms with Crippen LogP contribution in [0.25, 0.3) is 10.9 Å². The SMILES string of the molecule is O=C(O)/C=C\C(=O)O.c1ccc(CN2CCC(CCc3[nH]nc4ccccc34)CC2)cc1. The third-order valence-corrected chi connectivity index (χ3v) is 5.67. The highest BCUT2D eigenvalue weighted by Gasteiger charge is 2.19. The van der Waals surface area contributed by atoms with E-state index in [1.807, 2.05) is 0 Å². The molecule has 0 bridgehead atoms. The van der Waals surface area contributed by atoms with Crippen molar-refractivity contribution >= 4 is 22.8 Å². The number of likely N-dealkylation sites (tertiary alicyclic amines) is 1. The first kappa shape index (κ1) is 23.2. The Labute approximate surface area is 187 Å². The van der Waals surface area contributed by atoms with Gasteiger partial charge in [0.05, 0.1) is 5.52 Å². The molecule has 3 aromatic rings. The Morgan fingerprint density at radius 3 is 2.25 bits per heavy atom. The zero-order valence-electron chi connectivity index (χ0n) is 18.0. The minimum Gasteiger partial charge on any atom is -0.478 e. The third-order valence-electron chi connectivity index (χ3n) is 5.67. The van der Waals surface area contributed by atoms with Crippen molar-refractivity contribution in [3.05, 3.63) is 78.0 Å². The standard InChI is InChI=1S/C21H25N3.C4H4O4/c1-2-6-18(7-3-1)16-24-14-12-17(13-15-24)10-11-21-19-8-4-5-9-20(19)22-23-21;5-3(6)1-2-4(7)8/h1-9,17H,10-16H2,(H,22,23);1-2H,(H,5,6)(H,7,8)/b;2-1-. The van der Waals surface area contributed by atoms with E-state index in [2.05, 4.69) is 69.7 Å². The molecule has 0 aliphatic carbocycles. The molecule has 4 rings (SSSR count). The van der Waals surface area contributed by atoms with Crippen LogP contribution in [0.15, 0.2) is 66.7 Å². The normalized spacial score (nSPS) is 14.9. The molecule has 168 valence electrons. The van der Waals surface area contributed by atoms with Gasteiger partial charge in [-0.2, -0.15) is 5.10 Å². The van der Waals surface area contributed by atoms with Crippen molar-refractivity contribution < 1.29 is 19.8 Å². The summed E-state index contributed by atoms with van der Waals surface area (Å²) in [5.41, 5.74) is 3.82. The van der Waals surface area contributed by atoms with Crippen LogP contribution in [-0.4, -0.2) is 50.3 Å². The van der Waals surface area contributed by atoms with Crippen LogP contribution in [0.5, 0.6) is 0 Å². The number of carboxylic acids is 2. The maximum atomic E-state index is 9.55. The Morgan fingerprint density at radius 2 is 1.59 bits per heavy atom. The predicted molar refractivity (Wildman–Crippen MR) is 123 cm³/mol. The molecule has 32 heavy (non-hydrogen) atoms. The lowest BCUT2D eigenvalue weighted by molar-refractivity contribution is -0.134. The van der Waals surface area contributed by atoms with Gasteiger partial charge in [0, 0.05) is 29.8 Å². The topological polar surface area (TPSA) is 107 Å². The molecular weight excluding hydrogens is 406 g/mol. The fourth-order valence-corrected chi connectivity index (χ4v) is 3.97. The van der Waals surface area contributed by atoms with Gasteiger partial charge in [-0.1, -0.05) is 48.5 Å². The average Bonchev–Trinajstić information content (AvgIpc) is 3.22. The summed E-state index contributed by atoms with van der Waals surface area (Å²) in [4.78, 5) is 21.7. The third kappa shape index (κ3) is 7.35. The van der Waals surface area contributed by atoms with Gasteiger partial charge in [0.15, 0.2) is 0 Å². The number of aryl methyl sites for hydroxylation is 1. The van der Waals surface area contributed by atoms with Crippen LogP contribution < -0.4 is 0 Å². The summed E-state index contributed by atoms with van der Waals surface area (Å²) in [5, 5.41) is 24.6. The number of hydrogen-bond donors (Lipinski definition) is 3. The van der Waals surface area contributed by atoms with Crippen LogP contribution in [0.1, 0.15) is 30.5 Å². The molecule has 1 aliphatic rings. The quantitative estimate of drug-likeness (QED) is 0.482. The van der Waals surface area contributed by atoms with E-state index in [1.165, 1.54) is 49.0 Å². The summed E-state index contributed by atoms with van der Waals surface area (Å²) in [6.45, 7) is 3.55. The minimum absolute atomic E-state index is 0.558. The van der Waals surface area contributed by atoms with Gasteiger partial charge in [0.2, 0.25) is 0 Å². The Hall–Kier alpha value is -3.45. The number of piperidine rings is 1. The van der Waals surface area contributed by atoms with Crippen molar-refractivity contribution in [3.8, 4) is 0 Å². The maximum Gasteiger partial charge on any atom is 0.328 e. The molecule has 0 atom stereocenters. The highest BCUT2D eigenvalue weighted by Crippen LogP contribution is 2.25. The maximum absolute atomic E-state index is 9.55. The van der Waals surface area contributed by atoms with Crippen molar-refractivity contribution in [1.29, 1.82) is 0 Å². The highest BCUT2D eigenvalue weighted by molar-refractivity contribution is 5.89. The first-order valence-electron chi connectivity index (χ1n) is 10.8. The number of aromatic amines is 1. The van der Waals surface area contributed by atoms with Crippen LogP contribution in [0, 0.1) is 5.92 Å². The lowest BCUT2D eigenvalue weighted by Crippen LogP contribution is -2.33. The van der Waals surface area contributed by atoms with Crippen LogP contribution in [0.4, 0.5) is 0 Å². The van der Waals surface area contributed by atoms with E-state index in [1.54, 1.807) is 0 Å². The van der Waals surface area contributed by atoms with Gasteiger partial charge in [-0.05, 0) is 56.3 Å². The second-order valence-electron chi connectivity index (χ2n) is 7.97. The molecule has 1 aromatic heterocycles. The number of para-hydroxylation sites is 1. The van der Waals surface area contributed by atoms with Gasteiger partial charge in [0.1, 0.15) is 0 Å². The summed E-state index contributed by atoms with van der Waals surface area (Å²) < 4.78 is 0. The number of carboxylic acid groups (broad SMARTS) is 2. The van der Waals surface area contributed by atoms with Crippen LogP contribution in [0.2, 0.25) is 0 Å². The molecule has 0 amide bonds. The molecule has 1 fully saturated rings. The lowest BCUT2D eigenvalue weighted by atomic mass is 9.91. The lowest BCUT2D eigenvalue weighted by Gasteiger charge is -2.32. The summed E-state index contributed by atoms with van der Waals surface area (Å²) in [5.74, 6) is -1.67. The molecule has 7 nitrogen and oxygen atoms in total. The minimum atomic E-state index is -1.26. The Morgan fingerprint density at radius 1 is 0.969 bits per heavy atom. The first-order chi connectivity index (χ1) is 15.5. The van der Waals surface area contributed by atoms with E-state index in [9.17, 15) is 9.59 Å². The van der Waals surface area contributed by atoms with Crippen molar-refractivity contribution in [2.24, 2.45) is 5.92 Å². The van der Waals surface area contributed by atoms with Gasteiger partial charge < -0.3 is 10.2 Å². The van der Waals surface area contributed by atoms with E-state index < -0.39 is 11.9 Å². The second-order valence-corrected chi connectivity index (χ2v) is 7.97. The molecule has 7 heteroatoms. The Kier molecular flexibility index (Phi) is 8.57. The predicted octanol–water partition coefficient (Wildman–Crippen LogP) is 4.12. The van der Waals surface area contributed by atoms with Gasteiger partial charge in [-0.25, -0.2) is 9.59 Å². The molecule has 0 saturated carbocycles. The van der Waals surface area contributed by atoms with Crippen LogP contribution in [-0.2, 0) is 22.6 Å². The monoisotopic (exact) mass is 435 g/mol. The molecule has 0 unspecified atom stereocenters. The summed E-state index contributed by atoms with van der Waals surface area (Å²) in [7, 11) is 0. The van der Waals surface area contributed by atoms with E-state index in [0.717, 1.165) is 24.4 Å².